The quantitative estimate of drug-likeness (QED) is 0.273. The van der Waals surface area contributed by atoms with Gasteiger partial charge in [0, 0.05) is 55.8 Å². The van der Waals surface area contributed by atoms with E-state index in [9.17, 15) is 9.90 Å². The van der Waals surface area contributed by atoms with Crippen molar-refractivity contribution in [2.24, 2.45) is 0 Å². The summed E-state index contributed by atoms with van der Waals surface area (Å²) in [5, 5.41) is 17.9. The fraction of sp³-hybridized carbons (Fsp3) is 0.419. The normalized spacial score (nSPS) is 13.5. The molecule has 1 aliphatic heterocycles. The first-order chi connectivity index (χ1) is 18.9. The number of aryl methyl sites for hydroxylation is 1. The van der Waals surface area contributed by atoms with E-state index in [1.165, 1.54) is 0 Å². The van der Waals surface area contributed by atoms with E-state index >= 15 is 0 Å². The summed E-state index contributed by atoms with van der Waals surface area (Å²) in [5.41, 5.74) is 5.64. The summed E-state index contributed by atoms with van der Waals surface area (Å²) < 4.78 is 7.25. The van der Waals surface area contributed by atoms with Gasteiger partial charge in [0.15, 0.2) is 0 Å². The molecule has 7 nitrogen and oxygen atoms in total. The van der Waals surface area contributed by atoms with Gasteiger partial charge in [0.25, 0.3) is 5.56 Å². The van der Waals surface area contributed by atoms with Crippen LogP contribution in [0.3, 0.4) is 0 Å². The summed E-state index contributed by atoms with van der Waals surface area (Å²) in [5.74, 6) is 0.750. The van der Waals surface area contributed by atoms with Crippen molar-refractivity contribution in [3.8, 4) is 11.1 Å². The van der Waals surface area contributed by atoms with Crippen LogP contribution in [0.5, 0.6) is 0 Å². The topological polar surface area (TPSA) is 91.4 Å². The van der Waals surface area contributed by atoms with Gasteiger partial charge in [-0.1, -0.05) is 74.1 Å². The van der Waals surface area contributed by atoms with Gasteiger partial charge in [-0.2, -0.15) is 0 Å². The van der Waals surface area contributed by atoms with Crippen molar-refractivity contribution in [2.75, 3.05) is 32.9 Å². The molecule has 0 atom stereocenters. The number of rotatable bonds is 11. The molecule has 1 saturated heterocycles. The number of nitrogens with zero attached hydrogens (tertiary/aromatic N) is 3. The first-order valence-corrected chi connectivity index (χ1v) is 14.2. The Morgan fingerprint density at radius 3 is 2.49 bits per heavy atom. The van der Waals surface area contributed by atoms with Crippen LogP contribution in [0.4, 0.5) is 0 Å². The highest BCUT2D eigenvalue weighted by Gasteiger charge is 2.21. The van der Waals surface area contributed by atoms with E-state index in [0.717, 1.165) is 54.0 Å². The molecule has 0 saturated carbocycles. The van der Waals surface area contributed by atoms with Gasteiger partial charge in [0.2, 0.25) is 0 Å². The first kappa shape index (κ1) is 28.8. The summed E-state index contributed by atoms with van der Waals surface area (Å²) in [6.07, 6.45) is 3.28. The molecule has 1 aromatic heterocycles. The smallest absolute Gasteiger partial charge is 0.257 e. The number of unbranched alkanes of at least 4 members (excludes halogenated alkanes) is 1. The van der Waals surface area contributed by atoms with Crippen molar-refractivity contribution < 1.29 is 9.84 Å². The molecule has 0 amide bonds. The summed E-state index contributed by atoms with van der Waals surface area (Å²) in [4.78, 5) is 21.7. The molecule has 2 aromatic carbocycles. The lowest BCUT2D eigenvalue weighted by Gasteiger charge is -2.29. The number of aliphatic hydroxyl groups excluding tert-OH is 1. The van der Waals surface area contributed by atoms with E-state index in [-0.39, 0.29) is 12.2 Å². The Morgan fingerprint density at radius 1 is 1.10 bits per heavy atom. The lowest BCUT2D eigenvalue weighted by Crippen LogP contribution is -2.42. The lowest BCUT2D eigenvalue weighted by molar-refractivity contribution is 0.0684. The van der Waals surface area contributed by atoms with Gasteiger partial charge in [-0.3, -0.25) is 9.36 Å². The fourth-order valence-electron chi connectivity index (χ4n) is 4.98. The number of benzene rings is 2. The van der Waals surface area contributed by atoms with Crippen molar-refractivity contribution in [3.05, 3.63) is 87.1 Å². The molecule has 8 heteroatoms. The van der Waals surface area contributed by atoms with Crippen molar-refractivity contribution in [3.63, 3.8) is 0 Å². The van der Waals surface area contributed by atoms with Crippen LogP contribution < -0.4 is 5.56 Å². The predicted molar refractivity (Wildman–Crippen MR) is 160 cm³/mol. The van der Waals surface area contributed by atoms with E-state index in [1.54, 1.807) is 11.5 Å². The Labute approximate surface area is 236 Å². The van der Waals surface area contributed by atoms with E-state index in [1.807, 2.05) is 36.4 Å². The van der Waals surface area contributed by atoms with E-state index < -0.39 is 0 Å². The van der Waals surface area contributed by atoms with E-state index in [2.05, 4.69) is 24.0 Å². The highest BCUT2D eigenvalue weighted by molar-refractivity contribution is 7.80. The van der Waals surface area contributed by atoms with Gasteiger partial charge < -0.3 is 20.2 Å². The molecule has 1 fully saturated rings. The van der Waals surface area contributed by atoms with Gasteiger partial charge in [-0.25, -0.2) is 4.98 Å². The average molecular weight is 547 g/mol. The van der Waals surface area contributed by atoms with Crippen LogP contribution in [-0.2, 0) is 30.5 Å². The fourth-order valence-corrected chi connectivity index (χ4v) is 5.30. The van der Waals surface area contributed by atoms with Gasteiger partial charge in [0.1, 0.15) is 5.82 Å². The second-order valence-electron chi connectivity index (χ2n) is 9.96. The Balaban J connectivity index is 1.68. The number of aromatic nitrogens is 2. The molecule has 0 spiro atoms. The average Bonchev–Trinajstić information content (AvgIpc) is 2.96. The monoisotopic (exact) mass is 546 g/mol. The minimum atomic E-state index is -0.0796. The summed E-state index contributed by atoms with van der Waals surface area (Å²) >= 11 is 5.74. The maximum atomic E-state index is 14.0. The Hall–Kier alpha value is -3.20. The van der Waals surface area contributed by atoms with Gasteiger partial charge in [0.05, 0.1) is 30.4 Å². The molecular weight excluding hydrogens is 508 g/mol. The Morgan fingerprint density at radius 2 is 1.82 bits per heavy atom. The molecular formula is C31H38N4O3S. The van der Waals surface area contributed by atoms with Crippen LogP contribution in [0.15, 0.2) is 53.3 Å². The minimum Gasteiger partial charge on any atom is -0.396 e. The number of hydrogen-bond acceptors (Lipinski definition) is 6. The van der Waals surface area contributed by atoms with E-state index in [0.29, 0.717) is 61.0 Å². The molecule has 1 aliphatic rings. The van der Waals surface area contributed by atoms with Crippen molar-refractivity contribution in [1.82, 2.24) is 14.5 Å². The Kier molecular flexibility index (Phi) is 10.1. The first-order valence-electron chi connectivity index (χ1n) is 13.7. The number of nitrogens with one attached hydrogen (secondary N) is 1. The van der Waals surface area contributed by atoms with Crippen molar-refractivity contribution in [2.45, 2.75) is 52.5 Å². The molecule has 2 N–H and O–H groups in total. The summed E-state index contributed by atoms with van der Waals surface area (Å²) in [6, 6.07) is 16.1. The molecule has 4 rings (SSSR count). The Bertz CT molecular complexity index is 1360. The second-order valence-corrected chi connectivity index (χ2v) is 10.4. The molecule has 39 heavy (non-hydrogen) atoms. The molecule has 3 aromatic rings. The number of morpholine rings is 1. The predicted octanol–water partition coefficient (Wildman–Crippen LogP) is 4.43. The zero-order valence-electron chi connectivity index (χ0n) is 22.9. The van der Waals surface area contributed by atoms with Crippen molar-refractivity contribution in [1.29, 1.82) is 5.41 Å². The number of hydrogen-bond donors (Lipinski definition) is 2. The molecule has 2 heterocycles. The zero-order chi connectivity index (χ0) is 27.8. The SMILES string of the molecule is CCCCc1nc(CCO)c(CC(=S)N2CCOCC2)c(=O)n1Cc1ccc(-c2ccccc2C(C)=N)cc1. The largest absolute Gasteiger partial charge is 0.396 e. The van der Waals surface area contributed by atoms with Gasteiger partial charge in [-0.15, -0.1) is 0 Å². The number of thiocarbonyl (C=S) groups is 1. The van der Waals surface area contributed by atoms with Crippen LogP contribution in [-0.4, -0.2) is 63.2 Å². The number of aliphatic hydroxyl groups is 1. The maximum Gasteiger partial charge on any atom is 0.257 e. The van der Waals surface area contributed by atoms with Gasteiger partial charge in [-0.05, 0) is 30.0 Å². The summed E-state index contributed by atoms with van der Waals surface area (Å²) in [6.45, 7) is 6.96. The molecule has 0 unspecified atom stereocenters. The zero-order valence-corrected chi connectivity index (χ0v) is 23.7. The third-order valence-corrected chi connectivity index (χ3v) is 7.56. The highest BCUT2D eigenvalue weighted by atomic mass is 32.1. The van der Waals surface area contributed by atoms with Crippen LogP contribution in [0, 0.1) is 5.41 Å². The third-order valence-electron chi connectivity index (χ3n) is 7.16. The van der Waals surface area contributed by atoms with Crippen LogP contribution in [0.2, 0.25) is 0 Å². The highest BCUT2D eigenvalue weighted by Crippen LogP contribution is 2.25. The molecule has 0 radical (unpaired) electrons. The van der Waals surface area contributed by atoms with Gasteiger partial charge >= 0.3 is 0 Å². The van der Waals surface area contributed by atoms with Crippen LogP contribution >= 0.6 is 12.2 Å². The van der Waals surface area contributed by atoms with Crippen LogP contribution in [0.1, 0.15) is 54.9 Å². The molecule has 0 bridgehead atoms. The number of ether oxygens (including phenoxy) is 1. The van der Waals surface area contributed by atoms with E-state index in [4.69, 9.17) is 27.3 Å². The maximum absolute atomic E-state index is 14.0. The third kappa shape index (κ3) is 7.06. The molecule has 0 aliphatic carbocycles. The summed E-state index contributed by atoms with van der Waals surface area (Å²) in [7, 11) is 0. The minimum absolute atomic E-state index is 0.0703. The lowest BCUT2D eigenvalue weighted by atomic mass is 9.96. The standard InChI is InChI=1S/C31H38N4O3S/c1-3-4-9-29-33-28(14-17-36)27(20-30(39)34-15-18-38-19-16-34)31(37)35(29)21-23-10-12-24(13-11-23)26-8-6-5-7-25(26)22(2)32/h5-8,10-13,32,36H,3-4,9,14-21H2,1-2H3. The molecule has 206 valence electrons. The second kappa shape index (κ2) is 13.7. The van der Waals surface area contributed by atoms with Crippen LogP contribution in [0.25, 0.3) is 11.1 Å². The van der Waals surface area contributed by atoms with Crippen molar-refractivity contribution >= 4 is 22.9 Å².